The molecular weight excluding hydrogens is 1240 g/mol. The second-order valence-corrected chi connectivity index (χ2v) is 27.8. The van der Waals surface area contributed by atoms with E-state index in [2.05, 4.69) is 79.9 Å². The van der Waals surface area contributed by atoms with E-state index < -0.39 is 124 Å². The predicted molar refractivity (Wildman–Crippen MR) is 383 cm³/mol. The number of ether oxygens (including phenoxy) is 6. The molecule has 3 fully saturated rings. The lowest BCUT2D eigenvalue weighted by molar-refractivity contribution is -0.379. The van der Waals surface area contributed by atoms with E-state index in [-0.39, 0.29) is 18.9 Å². The van der Waals surface area contributed by atoms with Gasteiger partial charge in [0.15, 0.2) is 18.9 Å². The Labute approximate surface area is 586 Å². The highest BCUT2D eigenvalue weighted by molar-refractivity contribution is 5.76. The summed E-state index contributed by atoms with van der Waals surface area (Å²) < 4.78 is 34.5. The fourth-order valence-corrected chi connectivity index (χ4v) is 13.1. The number of aliphatic hydroxyl groups is 11. The van der Waals surface area contributed by atoms with Crippen LogP contribution in [0.1, 0.15) is 296 Å². The van der Waals surface area contributed by atoms with Gasteiger partial charge in [-0.3, -0.25) is 4.79 Å². The SMILES string of the molecule is CC/C=C\C/C=C\C/C=C\C/C=C\C/C=C\CCCCCCCCCCCCCCCCCC(=O)NC(COC1OC(CO)C(OC2OC(CO)C(OC3OC(CO)C(O)C(O)C3O)C(O)C2O)C(O)C1O)C(O)CCCCCCCCCCCCCCCCCCCCCCC. The van der Waals surface area contributed by atoms with Crippen LogP contribution in [0.4, 0.5) is 0 Å². The Balaban J connectivity index is 1.37. The second kappa shape index (κ2) is 58.9. The Hall–Kier alpha value is -2.51. The third-order valence-electron chi connectivity index (χ3n) is 19.4. The van der Waals surface area contributed by atoms with Crippen LogP contribution in [-0.4, -0.2) is 193 Å². The van der Waals surface area contributed by atoms with Crippen LogP contribution < -0.4 is 5.32 Å². The Morgan fingerprint density at radius 2 is 0.711 bits per heavy atom. The first-order chi connectivity index (χ1) is 47.3. The van der Waals surface area contributed by atoms with Gasteiger partial charge in [0.1, 0.15) is 73.2 Å². The number of nitrogens with one attached hydrogen (secondary N) is 1. The van der Waals surface area contributed by atoms with E-state index >= 15 is 0 Å². The van der Waals surface area contributed by atoms with Crippen LogP contribution in [0.3, 0.4) is 0 Å². The van der Waals surface area contributed by atoms with Crippen molar-refractivity contribution in [3.8, 4) is 0 Å². The van der Waals surface area contributed by atoms with Crippen LogP contribution in [-0.2, 0) is 33.2 Å². The maximum atomic E-state index is 13.5. The minimum atomic E-state index is -1.97. The molecule has 0 aromatic carbocycles. The van der Waals surface area contributed by atoms with Crippen molar-refractivity contribution in [2.75, 3.05) is 26.4 Å². The number of allylic oxidation sites excluding steroid dienone is 10. The van der Waals surface area contributed by atoms with Crippen molar-refractivity contribution in [3.63, 3.8) is 0 Å². The van der Waals surface area contributed by atoms with E-state index in [4.69, 9.17) is 28.4 Å². The Bertz CT molecular complexity index is 1990. The highest BCUT2D eigenvalue weighted by atomic mass is 16.8. The molecule has 0 saturated carbocycles. The van der Waals surface area contributed by atoms with E-state index in [1.54, 1.807) is 0 Å². The molecule has 19 heteroatoms. The lowest BCUT2D eigenvalue weighted by Gasteiger charge is -2.48. The minimum Gasteiger partial charge on any atom is -0.394 e. The fourth-order valence-electron chi connectivity index (χ4n) is 13.1. The topological polar surface area (TPSA) is 307 Å². The highest BCUT2D eigenvalue weighted by Crippen LogP contribution is 2.33. The van der Waals surface area contributed by atoms with Gasteiger partial charge in [0.05, 0.1) is 38.6 Å². The zero-order valence-corrected chi connectivity index (χ0v) is 60.3. The third kappa shape index (κ3) is 39.6. The first-order valence-corrected chi connectivity index (χ1v) is 39.0. The number of hydrogen-bond acceptors (Lipinski definition) is 18. The summed E-state index contributed by atoms with van der Waals surface area (Å²) in [5, 5.41) is 121. The maximum Gasteiger partial charge on any atom is 0.220 e. The van der Waals surface area contributed by atoms with Gasteiger partial charge < -0.3 is 89.9 Å². The van der Waals surface area contributed by atoms with Gasteiger partial charge in [0.2, 0.25) is 5.91 Å². The number of aliphatic hydroxyl groups excluding tert-OH is 11. The summed E-state index contributed by atoms with van der Waals surface area (Å²) in [4.78, 5) is 13.5. The largest absolute Gasteiger partial charge is 0.394 e. The van der Waals surface area contributed by atoms with Crippen LogP contribution in [0.25, 0.3) is 0 Å². The quantitative estimate of drug-likeness (QED) is 0.0199. The molecule has 3 aliphatic heterocycles. The van der Waals surface area contributed by atoms with Crippen LogP contribution in [0.5, 0.6) is 0 Å². The van der Waals surface area contributed by atoms with Crippen molar-refractivity contribution in [2.45, 2.75) is 401 Å². The van der Waals surface area contributed by atoms with E-state index in [0.717, 1.165) is 77.0 Å². The summed E-state index contributed by atoms with van der Waals surface area (Å²) >= 11 is 0. The van der Waals surface area contributed by atoms with Crippen LogP contribution in [0.2, 0.25) is 0 Å². The third-order valence-corrected chi connectivity index (χ3v) is 19.4. The molecule has 3 aliphatic rings. The Morgan fingerprint density at radius 1 is 0.381 bits per heavy atom. The van der Waals surface area contributed by atoms with Crippen LogP contribution in [0, 0.1) is 0 Å². The molecule has 3 heterocycles. The van der Waals surface area contributed by atoms with E-state index in [0.29, 0.717) is 12.8 Å². The first-order valence-electron chi connectivity index (χ1n) is 39.0. The van der Waals surface area contributed by atoms with E-state index in [1.807, 2.05) is 0 Å². The number of carbonyl (C=O) groups is 1. The average molecular weight is 1380 g/mol. The number of rotatable bonds is 61. The van der Waals surface area contributed by atoms with Gasteiger partial charge in [-0.25, -0.2) is 0 Å². The van der Waals surface area contributed by atoms with Crippen molar-refractivity contribution in [3.05, 3.63) is 60.8 Å². The molecule has 12 N–H and O–H groups in total. The van der Waals surface area contributed by atoms with Gasteiger partial charge in [0.25, 0.3) is 0 Å². The Kier molecular flexibility index (Phi) is 53.9. The molecule has 0 aliphatic carbocycles. The molecule has 566 valence electrons. The zero-order valence-electron chi connectivity index (χ0n) is 60.3. The summed E-state index contributed by atoms with van der Waals surface area (Å²) in [5.41, 5.74) is 0. The van der Waals surface area contributed by atoms with E-state index in [9.17, 15) is 61.0 Å². The number of amides is 1. The van der Waals surface area contributed by atoms with Gasteiger partial charge in [-0.2, -0.15) is 0 Å². The lowest BCUT2D eigenvalue weighted by Crippen LogP contribution is -2.66. The maximum absolute atomic E-state index is 13.5. The van der Waals surface area contributed by atoms with Gasteiger partial charge in [-0.05, 0) is 57.8 Å². The van der Waals surface area contributed by atoms with Crippen LogP contribution in [0.15, 0.2) is 60.8 Å². The molecule has 0 bridgehead atoms. The molecule has 1 amide bonds. The molecule has 17 unspecified atom stereocenters. The van der Waals surface area contributed by atoms with Gasteiger partial charge >= 0.3 is 0 Å². The summed E-state index contributed by atoms with van der Waals surface area (Å²) in [6.07, 6.45) is 47.2. The monoisotopic (exact) mass is 1380 g/mol. The molecule has 97 heavy (non-hydrogen) atoms. The smallest absolute Gasteiger partial charge is 0.220 e. The summed E-state index contributed by atoms with van der Waals surface area (Å²) in [6, 6.07) is -0.890. The molecular formula is C78H141NO18. The molecule has 0 radical (unpaired) electrons. The van der Waals surface area contributed by atoms with Crippen molar-refractivity contribution in [1.29, 1.82) is 0 Å². The number of unbranched alkanes of at least 4 members (excludes halogenated alkanes) is 35. The van der Waals surface area contributed by atoms with Gasteiger partial charge in [-0.1, -0.05) is 293 Å². The van der Waals surface area contributed by atoms with Gasteiger partial charge in [-0.15, -0.1) is 0 Å². The molecule has 17 atom stereocenters. The zero-order chi connectivity index (χ0) is 70.4. The highest BCUT2D eigenvalue weighted by Gasteiger charge is 2.54. The van der Waals surface area contributed by atoms with E-state index in [1.165, 1.54) is 186 Å². The molecule has 0 aromatic rings. The minimum absolute atomic E-state index is 0.241. The van der Waals surface area contributed by atoms with Crippen LogP contribution >= 0.6 is 0 Å². The van der Waals surface area contributed by atoms with Gasteiger partial charge in [0, 0.05) is 6.42 Å². The van der Waals surface area contributed by atoms with Crippen molar-refractivity contribution < 1.29 is 89.4 Å². The normalized spacial score (nSPS) is 27.2. The number of carbonyl (C=O) groups excluding carboxylic acids is 1. The molecule has 19 nitrogen and oxygen atoms in total. The van der Waals surface area contributed by atoms with Crippen molar-refractivity contribution >= 4 is 5.91 Å². The summed E-state index contributed by atoms with van der Waals surface area (Å²) in [7, 11) is 0. The van der Waals surface area contributed by atoms with Crippen molar-refractivity contribution in [1.82, 2.24) is 5.32 Å². The summed E-state index contributed by atoms with van der Waals surface area (Å²) in [5.74, 6) is -0.241. The molecule has 3 rings (SSSR count). The Morgan fingerprint density at radius 3 is 1.11 bits per heavy atom. The van der Waals surface area contributed by atoms with Crippen molar-refractivity contribution in [2.24, 2.45) is 0 Å². The predicted octanol–water partition coefficient (Wildman–Crippen LogP) is 12.3. The fraction of sp³-hybridized carbons (Fsp3) is 0.859. The second-order valence-electron chi connectivity index (χ2n) is 27.8. The standard InChI is InChI=1S/C78H141NO18/c1-3-5-7-9-11-13-15-17-19-21-23-25-26-27-28-29-30-31-32-33-34-36-38-40-42-44-46-48-50-52-54-56-66(84)79-61(62(83)55-53-51-49-47-45-43-41-39-37-35-24-22-20-18-16-14-12-10-8-6-4-2)60-92-76-72(90)69(87)74(64(58-81)94-76)97-78-73(91)70(88)75(65(59-82)95-78)96-77-71(89)68(86)67(85)63(57-80)93-77/h5,7,11,13,17,19,23,25,27-28,61-65,67-78,80-83,85-91H,3-4,6,8-10,12,14-16,18,20-22,24,26,29-60H2,1-2H3,(H,79,84)/b7-5-,13-11-,19-17-,25-23-,28-27-. The molecule has 0 spiro atoms. The first kappa shape index (κ1) is 88.7. The average Bonchev–Trinajstić information content (AvgIpc) is 0.798. The molecule has 3 saturated heterocycles. The molecule has 0 aromatic heterocycles. The summed E-state index contributed by atoms with van der Waals surface area (Å²) in [6.45, 7) is 1.72. The number of hydrogen-bond donors (Lipinski definition) is 12. The lowest BCUT2D eigenvalue weighted by atomic mass is 9.96.